The van der Waals surface area contributed by atoms with Crippen molar-refractivity contribution >= 4 is 17.0 Å². The maximum Gasteiger partial charge on any atom is 0.311 e. The summed E-state index contributed by atoms with van der Waals surface area (Å²) in [4.78, 5) is 20.5. The van der Waals surface area contributed by atoms with Crippen molar-refractivity contribution in [2.24, 2.45) is 0 Å². The molecule has 1 fully saturated rings. The first-order valence-corrected chi connectivity index (χ1v) is 9.46. The summed E-state index contributed by atoms with van der Waals surface area (Å²) in [6.07, 6.45) is 1.86. The zero-order valence-corrected chi connectivity index (χ0v) is 16.5. The topological polar surface area (TPSA) is 102 Å². The minimum atomic E-state index is -0.434. The molecule has 0 radical (unpaired) electrons. The number of ether oxygens (including phenoxy) is 1. The predicted octanol–water partition coefficient (Wildman–Crippen LogP) is 2.25. The number of piperazine rings is 1. The summed E-state index contributed by atoms with van der Waals surface area (Å²) in [6, 6.07) is 8.62. The summed E-state index contributed by atoms with van der Waals surface area (Å²) in [6.45, 7) is 4.60. The van der Waals surface area contributed by atoms with E-state index < -0.39 is 4.92 Å². The SMILES string of the molecule is COc1ccc(-c2nc3ccc(N)cn3c2CN2CCN(C)CC2)cc1[N+](=O)[O-]. The fourth-order valence-electron chi connectivity index (χ4n) is 3.69. The molecule has 1 aliphatic heterocycles. The van der Waals surface area contributed by atoms with Crippen molar-refractivity contribution in [2.75, 3.05) is 46.1 Å². The van der Waals surface area contributed by atoms with Gasteiger partial charge in [-0.05, 0) is 31.3 Å². The molecule has 9 heteroatoms. The number of fused-ring (bicyclic) bond motifs is 1. The van der Waals surface area contributed by atoms with Gasteiger partial charge in [-0.25, -0.2) is 4.98 Å². The van der Waals surface area contributed by atoms with Crippen LogP contribution in [-0.2, 0) is 6.54 Å². The molecule has 0 saturated carbocycles. The van der Waals surface area contributed by atoms with Crippen molar-refractivity contribution in [1.82, 2.24) is 19.2 Å². The van der Waals surface area contributed by atoms with Crippen molar-refractivity contribution in [3.05, 3.63) is 52.3 Å². The number of pyridine rings is 1. The molecule has 2 aromatic heterocycles. The van der Waals surface area contributed by atoms with Gasteiger partial charge in [-0.2, -0.15) is 0 Å². The van der Waals surface area contributed by atoms with Gasteiger partial charge in [0.05, 0.1) is 23.4 Å². The lowest BCUT2D eigenvalue weighted by Gasteiger charge is -2.32. The molecule has 0 amide bonds. The largest absolute Gasteiger partial charge is 0.490 e. The lowest BCUT2D eigenvalue weighted by Crippen LogP contribution is -2.44. The van der Waals surface area contributed by atoms with Gasteiger partial charge >= 0.3 is 5.69 Å². The zero-order chi connectivity index (χ0) is 20.5. The number of anilines is 1. The average molecular weight is 396 g/mol. The Morgan fingerprint density at radius 1 is 1.21 bits per heavy atom. The second-order valence-corrected chi connectivity index (χ2v) is 7.32. The second kappa shape index (κ2) is 7.69. The number of nitrogens with two attached hydrogens (primary N) is 1. The Bertz CT molecular complexity index is 1060. The highest BCUT2D eigenvalue weighted by Crippen LogP contribution is 2.34. The summed E-state index contributed by atoms with van der Waals surface area (Å²) < 4.78 is 7.12. The molecule has 9 nitrogen and oxygen atoms in total. The van der Waals surface area contributed by atoms with Crippen LogP contribution in [0.5, 0.6) is 5.75 Å². The number of likely N-dealkylation sites (N-methyl/N-ethyl adjacent to an activating group) is 1. The van der Waals surface area contributed by atoms with Gasteiger partial charge in [0, 0.05) is 56.2 Å². The lowest BCUT2D eigenvalue weighted by molar-refractivity contribution is -0.385. The molecule has 0 atom stereocenters. The van der Waals surface area contributed by atoms with Crippen LogP contribution in [0.25, 0.3) is 16.9 Å². The van der Waals surface area contributed by atoms with Crippen LogP contribution in [0.4, 0.5) is 11.4 Å². The van der Waals surface area contributed by atoms with Crippen molar-refractivity contribution in [3.8, 4) is 17.0 Å². The molecule has 0 spiro atoms. The Morgan fingerprint density at radius 3 is 2.66 bits per heavy atom. The summed E-state index contributed by atoms with van der Waals surface area (Å²) in [5, 5.41) is 11.5. The fraction of sp³-hybridized carbons (Fsp3) is 0.350. The summed E-state index contributed by atoms with van der Waals surface area (Å²) in [5.74, 6) is 0.229. The van der Waals surface area contributed by atoms with Crippen molar-refractivity contribution in [3.63, 3.8) is 0 Å². The van der Waals surface area contributed by atoms with Gasteiger partial charge in [-0.3, -0.25) is 15.0 Å². The molecular weight excluding hydrogens is 372 g/mol. The van der Waals surface area contributed by atoms with Gasteiger partial charge in [-0.15, -0.1) is 0 Å². The molecule has 3 heterocycles. The third-order valence-electron chi connectivity index (χ3n) is 5.36. The highest BCUT2D eigenvalue weighted by atomic mass is 16.6. The summed E-state index contributed by atoms with van der Waals surface area (Å²) in [5.41, 5.74) is 9.72. The number of imidazole rings is 1. The van der Waals surface area contributed by atoms with E-state index in [9.17, 15) is 10.1 Å². The molecule has 2 N–H and O–H groups in total. The van der Waals surface area contributed by atoms with Crippen LogP contribution in [0.3, 0.4) is 0 Å². The molecule has 4 rings (SSSR count). The first-order chi connectivity index (χ1) is 14.0. The normalized spacial score (nSPS) is 15.7. The van der Waals surface area contributed by atoms with Crippen LogP contribution in [0.15, 0.2) is 36.5 Å². The van der Waals surface area contributed by atoms with Crippen LogP contribution in [-0.4, -0.2) is 64.4 Å². The standard InChI is InChI=1S/C20H24N6O3/c1-23-7-9-24(10-8-23)13-17-20(22-19-6-4-15(21)12-25(17)19)14-3-5-18(29-2)16(11-14)26(27)28/h3-6,11-12H,7-10,13,21H2,1-2H3. The molecule has 29 heavy (non-hydrogen) atoms. The van der Waals surface area contributed by atoms with Crippen molar-refractivity contribution < 1.29 is 9.66 Å². The Balaban J connectivity index is 1.81. The average Bonchev–Trinajstić information content (AvgIpc) is 3.06. The van der Waals surface area contributed by atoms with Crippen LogP contribution >= 0.6 is 0 Å². The van der Waals surface area contributed by atoms with E-state index in [1.54, 1.807) is 6.07 Å². The van der Waals surface area contributed by atoms with Gasteiger partial charge in [0.1, 0.15) is 5.65 Å². The number of hydrogen-bond acceptors (Lipinski definition) is 7. The molecule has 1 aromatic carbocycles. The molecule has 0 aliphatic carbocycles. The predicted molar refractivity (Wildman–Crippen MR) is 111 cm³/mol. The minimum absolute atomic E-state index is 0.0767. The maximum atomic E-state index is 11.5. The second-order valence-electron chi connectivity index (χ2n) is 7.32. The molecule has 3 aromatic rings. The summed E-state index contributed by atoms with van der Waals surface area (Å²) >= 11 is 0. The number of nitrogen functional groups attached to an aromatic ring is 1. The maximum absolute atomic E-state index is 11.5. The highest BCUT2D eigenvalue weighted by molar-refractivity contribution is 5.71. The third-order valence-corrected chi connectivity index (χ3v) is 5.36. The van der Waals surface area contributed by atoms with E-state index in [-0.39, 0.29) is 11.4 Å². The molecule has 0 bridgehead atoms. The first kappa shape index (κ1) is 19.2. The number of methoxy groups -OCH3 is 1. The van der Waals surface area contributed by atoms with E-state index in [0.717, 1.165) is 43.2 Å². The van der Waals surface area contributed by atoms with E-state index >= 15 is 0 Å². The quantitative estimate of drug-likeness (QED) is 0.521. The van der Waals surface area contributed by atoms with Crippen LogP contribution in [0.2, 0.25) is 0 Å². The number of aromatic nitrogens is 2. The smallest absolute Gasteiger partial charge is 0.311 e. The van der Waals surface area contributed by atoms with Crippen molar-refractivity contribution in [2.45, 2.75) is 6.54 Å². The zero-order valence-electron chi connectivity index (χ0n) is 16.5. The Hall–Kier alpha value is -3.17. The molecular formula is C20H24N6O3. The number of nitro groups is 1. The fourth-order valence-corrected chi connectivity index (χ4v) is 3.69. The van der Waals surface area contributed by atoms with E-state index in [1.165, 1.54) is 13.2 Å². The Kier molecular flexibility index (Phi) is 5.08. The van der Waals surface area contributed by atoms with Gasteiger partial charge in [0.15, 0.2) is 5.75 Å². The number of rotatable bonds is 5. The van der Waals surface area contributed by atoms with Gasteiger partial charge in [0.2, 0.25) is 0 Å². The van der Waals surface area contributed by atoms with Crippen LogP contribution in [0, 0.1) is 10.1 Å². The number of nitrogens with zero attached hydrogens (tertiary/aromatic N) is 5. The number of hydrogen-bond donors (Lipinski definition) is 1. The summed E-state index contributed by atoms with van der Waals surface area (Å²) in [7, 11) is 3.54. The molecule has 152 valence electrons. The van der Waals surface area contributed by atoms with E-state index in [2.05, 4.69) is 16.8 Å². The number of benzene rings is 1. The van der Waals surface area contributed by atoms with Gasteiger partial charge in [-0.1, -0.05) is 0 Å². The van der Waals surface area contributed by atoms with E-state index in [0.29, 0.717) is 17.8 Å². The lowest BCUT2D eigenvalue weighted by atomic mass is 10.1. The highest BCUT2D eigenvalue weighted by Gasteiger charge is 2.23. The first-order valence-electron chi connectivity index (χ1n) is 9.46. The Morgan fingerprint density at radius 2 is 1.97 bits per heavy atom. The number of nitro benzene ring substituents is 1. The van der Waals surface area contributed by atoms with Crippen molar-refractivity contribution in [1.29, 1.82) is 0 Å². The minimum Gasteiger partial charge on any atom is -0.490 e. The van der Waals surface area contributed by atoms with Gasteiger partial charge < -0.3 is 19.8 Å². The van der Waals surface area contributed by atoms with Crippen LogP contribution < -0.4 is 10.5 Å². The molecule has 0 unspecified atom stereocenters. The van der Waals surface area contributed by atoms with E-state index in [4.69, 9.17) is 15.5 Å². The monoisotopic (exact) mass is 396 g/mol. The Labute approximate surface area is 168 Å². The van der Waals surface area contributed by atoms with Gasteiger partial charge in [0.25, 0.3) is 0 Å². The molecule has 1 aliphatic rings. The van der Waals surface area contributed by atoms with Crippen LogP contribution in [0.1, 0.15) is 5.69 Å². The molecule has 1 saturated heterocycles. The third kappa shape index (κ3) is 3.74. The van der Waals surface area contributed by atoms with E-state index in [1.807, 2.05) is 28.8 Å².